The van der Waals surface area contributed by atoms with Crippen molar-refractivity contribution in [3.8, 4) is 5.75 Å². The SMILES string of the molecule is COc1ccccc1N1CCN(CC(=O)N2CCCC3CCCCC32)CC1. The monoisotopic (exact) mass is 371 g/mol. The standard InChI is InChI=1S/C22H33N3O2/c1-27-21-11-5-4-10-20(21)24-15-13-23(14-16-24)17-22(26)25-12-6-8-18-7-2-3-9-19(18)25/h4-5,10-11,18-19H,2-3,6-9,12-17H2,1H3. The van der Waals surface area contributed by atoms with Crippen molar-refractivity contribution in [2.45, 2.75) is 44.6 Å². The Morgan fingerprint density at radius 1 is 1.00 bits per heavy atom. The van der Waals surface area contributed by atoms with E-state index in [9.17, 15) is 4.79 Å². The number of methoxy groups -OCH3 is 1. The molecule has 0 radical (unpaired) electrons. The van der Waals surface area contributed by atoms with Crippen LogP contribution in [0.3, 0.4) is 0 Å². The van der Waals surface area contributed by atoms with Crippen molar-refractivity contribution in [2.75, 3.05) is 51.3 Å². The normalized spacial score (nSPS) is 26.6. The number of hydrogen-bond acceptors (Lipinski definition) is 4. The second-order valence-electron chi connectivity index (χ2n) is 8.28. The number of amides is 1. The van der Waals surface area contributed by atoms with Gasteiger partial charge in [0.2, 0.25) is 5.91 Å². The van der Waals surface area contributed by atoms with Crippen LogP contribution in [0.25, 0.3) is 0 Å². The lowest BCUT2D eigenvalue weighted by Gasteiger charge is -2.45. The van der Waals surface area contributed by atoms with Crippen LogP contribution in [0.2, 0.25) is 0 Å². The zero-order valence-electron chi connectivity index (χ0n) is 16.6. The molecular formula is C22H33N3O2. The molecule has 0 N–H and O–H groups in total. The van der Waals surface area contributed by atoms with Gasteiger partial charge in [-0.2, -0.15) is 0 Å². The molecule has 5 nitrogen and oxygen atoms in total. The summed E-state index contributed by atoms with van der Waals surface area (Å²) in [7, 11) is 1.73. The van der Waals surface area contributed by atoms with E-state index in [1.807, 2.05) is 12.1 Å². The number of anilines is 1. The van der Waals surface area contributed by atoms with E-state index in [4.69, 9.17) is 4.74 Å². The maximum atomic E-state index is 13.0. The Morgan fingerprint density at radius 2 is 1.74 bits per heavy atom. The minimum atomic E-state index is 0.359. The number of carbonyl (C=O) groups is 1. The molecule has 3 fully saturated rings. The smallest absolute Gasteiger partial charge is 0.237 e. The van der Waals surface area contributed by atoms with Crippen LogP contribution in [0.5, 0.6) is 5.75 Å². The molecule has 2 unspecified atom stereocenters. The highest BCUT2D eigenvalue weighted by Gasteiger charge is 2.36. The van der Waals surface area contributed by atoms with Gasteiger partial charge in [0.1, 0.15) is 5.75 Å². The van der Waals surface area contributed by atoms with E-state index in [0.717, 1.165) is 50.1 Å². The van der Waals surface area contributed by atoms with E-state index < -0.39 is 0 Å². The van der Waals surface area contributed by atoms with E-state index in [-0.39, 0.29) is 0 Å². The molecule has 0 spiro atoms. The van der Waals surface area contributed by atoms with Crippen LogP contribution in [0, 0.1) is 5.92 Å². The number of nitrogens with zero attached hydrogens (tertiary/aromatic N) is 3. The van der Waals surface area contributed by atoms with Gasteiger partial charge in [-0.1, -0.05) is 25.0 Å². The number of fused-ring (bicyclic) bond motifs is 1. The van der Waals surface area contributed by atoms with Crippen molar-refractivity contribution in [3.63, 3.8) is 0 Å². The number of rotatable bonds is 4. The number of piperazine rings is 1. The van der Waals surface area contributed by atoms with Crippen LogP contribution in [0.1, 0.15) is 38.5 Å². The Bertz CT molecular complexity index is 640. The predicted octanol–water partition coefficient (Wildman–Crippen LogP) is 3.00. The van der Waals surface area contributed by atoms with Crippen LogP contribution in [-0.4, -0.2) is 68.1 Å². The fourth-order valence-electron chi connectivity index (χ4n) is 5.25. The lowest BCUT2D eigenvalue weighted by Crippen LogP contribution is -2.54. The maximum Gasteiger partial charge on any atom is 0.237 e. The molecule has 0 aromatic heterocycles. The third kappa shape index (κ3) is 4.08. The van der Waals surface area contributed by atoms with E-state index in [0.29, 0.717) is 18.5 Å². The van der Waals surface area contributed by atoms with Crippen molar-refractivity contribution < 1.29 is 9.53 Å². The van der Waals surface area contributed by atoms with Gasteiger partial charge in [-0.25, -0.2) is 0 Å². The van der Waals surface area contributed by atoms with Gasteiger partial charge >= 0.3 is 0 Å². The summed E-state index contributed by atoms with van der Waals surface area (Å²) in [5.74, 6) is 2.05. The van der Waals surface area contributed by atoms with Crippen LogP contribution >= 0.6 is 0 Å². The van der Waals surface area contributed by atoms with Gasteiger partial charge < -0.3 is 14.5 Å². The molecule has 3 aliphatic rings. The van der Waals surface area contributed by atoms with Crippen LogP contribution in [0.15, 0.2) is 24.3 Å². The predicted molar refractivity (Wildman–Crippen MR) is 108 cm³/mol. The molecule has 4 rings (SSSR count). The van der Waals surface area contributed by atoms with Crippen molar-refractivity contribution in [3.05, 3.63) is 24.3 Å². The van der Waals surface area contributed by atoms with Gasteiger partial charge in [-0.15, -0.1) is 0 Å². The molecule has 2 saturated heterocycles. The molecule has 148 valence electrons. The number of para-hydroxylation sites is 2. The summed E-state index contributed by atoms with van der Waals surface area (Å²) in [6.45, 7) is 5.32. The molecule has 0 bridgehead atoms. The number of likely N-dealkylation sites (tertiary alicyclic amines) is 1. The quantitative estimate of drug-likeness (QED) is 0.815. The second kappa shape index (κ2) is 8.51. The first-order chi connectivity index (χ1) is 13.3. The summed E-state index contributed by atoms with van der Waals surface area (Å²) in [5.41, 5.74) is 1.16. The summed E-state index contributed by atoms with van der Waals surface area (Å²) < 4.78 is 5.50. The Kier molecular flexibility index (Phi) is 5.86. The van der Waals surface area contributed by atoms with Crippen molar-refractivity contribution >= 4 is 11.6 Å². The molecule has 2 atom stereocenters. The Labute approximate surface area is 163 Å². The zero-order valence-corrected chi connectivity index (χ0v) is 16.6. The molecule has 2 aliphatic heterocycles. The average molecular weight is 372 g/mol. The van der Waals surface area contributed by atoms with E-state index in [1.54, 1.807) is 7.11 Å². The Hall–Kier alpha value is -1.75. The Morgan fingerprint density at radius 3 is 2.56 bits per heavy atom. The summed E-state index contributed by atoms with van der Waals surface area (Å²) in [6.07, 6.45) is 7.71. The van der Waals surface area contributed by atoms with E-state index in [2.05, 4.69) is 26.8 Å². The third-order valence-corrected chi connectivity index (χ3v) is 6.72. The first-order valence-electron chi connectivity index (χ1n) is 10.7. The highest BCUT2D eigenvalue weighted by atomic mass is 16.5. The molecule has 1 aromatic carbocycles. The molecule has 5 heteroatoms. The van der Waals surface area contributed by atoms with E-state index in [1.165, 1.54) is 38.5 Å². The molecule has 27 heavy (non-hydrogen) atoms. The zero-order chi connectivity index (χ0) is 18.6. The minimum Gasteiger partial charge on any atom is -0.495 e. The summed E-state index contributed by atoms with van der Waals surface area (Å²) in [5, 5.41) is 0. The van der Waals surface area contributed by atoms with Gasteiger partial charge in [0.15, 0.2) is 0 Å². The fourth-order valence-corrected chi connectivity index (χ4v) is 5.25. The lowest BCUT2D eigenvalue weighted by molar-refractivity contribution is -0.138. The average Bonchev–Trinajstić information content (AvgIpc) is 2.74. The Balaban J connectivity index is 1.32. The van der Waals surface area contributed by atoms with Crippen LogP contribution in [-0.2, 0) is 4.79 Å². The first-order valence-corrected chi connectivity index (χ1v) is 10.7. The highest BCUT2D eigenvalue weighted by Crippen LogP contribution is 2.35. The van der Waals surface area contributed by atoms with Gasteiger partial charge in [0.05, 0.1) is 19.3 Å². The van der Waals surface area contributed by atoms with Crippen molar-refractivity contribution in [1.82, 2.24) is 9.80 Å². The summed E-state index contributed by atoms with van der Waals surface area (Å²) in [6, 6.07) is 8.73. The second-order valence-corrected chi connectivity index (χ2v) is 8.28. The summed E-state index contributed by atoms with van der Waals surface area (Å²) in [4.78, 5) is 20.0. The summed E-state index contributed by atoms with van der Waals surface area (Å²) >= 11 is 0. The first kappa shape index (κ1) is 18.6. The van der Waals surface area contributed by atoms with Crippen LogP contribution < -0.4 is 9.64 Å². The number of hydrogen-bond donors (Lipinski definition) is 0. The van der Waals surface area contributed by atoms with Gasteiger partial charge in [0.25, 0.3) is 0 Å². The van der Waals surface area contributed by atoms with Crippen molar-refractivity contribution in [2.24, 2.45) is 5.92 Å². The molecular weight excluding hydrogens is 338 g/mol. The molecule has 2 heterocycles. The topological polar surface area (TPSA) is 36.0 Å². The lowest BCUT2D eigenvalue weighted by atomic mass is 9.78. The minimum absolute atomic E-state index is 0.359. The molecule has 1 aromatic rings. The number of piperidine rings is 1. The fraction of sp³-hybridized carbons (Fsp3) is 0.682. The van der Waals surface area contributed by atoms with Crippen molar-refractivity contribution in [1.29, 1.82) is 0 Å². The molecule has 1 aliphatic carbocycles. The van der Waals surface area contributed by atoms with Gasteiger partial charge in [-0.05, 0) is 43.7 Å². The maximum absolute atomic E-state index is 13.0. The third-order valence-electron chi connectivity index (χ3n) is 6.72. The molecule has 1 saturated carbocycles. The molecule has 1 amide bonds. The largest absolute Gasteiger partial charge is 0.495 e. The van der Waals surface area contributed by atoms with Crippen LogP contribution in [0.4, 0.5) is 5.69 Å². The van der Waals surface area contributed by atoms with Gasteiger partial charge in [0, 0.05) is 38.8 Å². The number of benzene rings is 1. The highest BCUT2D eigenvalue weighted by molar-refractivity contribution is 5.79. The van der Waals surface area contributed by atoms with E-state index >= 15 is 0 Å². The number of carbonyl (C=O) groups excluding carboxylic acids is 1. The van der Waals surface area contributed by atoms with Gasteiger partial charge in [-0.3, -0.25) is 9.69 Å². The number of ether oxygens (including phenoxy) is 1.